The number of aliphatic carboxylic acids is 1. The normalized spacial score (nSPS) is 15.6. The van der Waals surface area contributed by atoms with E-state index in [1.165, 1.54) is 0 Å². The molecule has 1 fully saturated rings. The molecule has 1 unspecified atom stereocenters. The molecule has 2 N–H and O–H groups in total. The van der Waals surface area contributed by atoms with Crippen LogP contribution >= 0.6 is 0 Å². The number of rotatable bonds is 5. The third kappa shape index (κ3) is 2.96. The van der Waals surface area contributed by atoms with Crippen LogP contribution in [0.2, 0.25) is 0 Å². The quantitative estimate of drug-likeness (QED) is 0.890. The molecule has 1 heterocycles. The van der Waals surface area contributed by atoms with Gasteiger partial charge >= 0.3 is 5.97 Å². The molecule has 3 rings (SSSR count). The van der Waals surface area contributed by atoms with Crippen LogP contribution in [-0.4, -0.2) is 39.5 Å². The second-order valence-electron chi connectivity index (χ2n) is 6.56. The summed E-state index contributed by atoms with van der Waals surface area (Å²) in [6, 6.07) is 5.85. The molecule has 0 radical (unpaired) electrons. The Labute approximate surface area is 135 Å². The number of nitrogens with zero attached hydrogens (tertiary/aromatic N) is 1. The van der Waals surface area contributed by atoms with Crippen LogP contribution < -0.4 is 0 Å². The minimum Gasteiger partial charge on any atom is -0.481 e. The number of aryl methyl sites for hydroxylation is 2. The molecule has 0 aliphatic heterocycles. The second-order valence-corrected chi connectivity index (χ2v) is 6.56. The van der Waals surface area contributed by atoms with Crippen molar-refractivity contribution in [2.24, 2.45) is 5.92 Å². The number of carboxylic acid groups (broad SMARTS) is 1. The standard InChI is InChI=1S/C18H22N2O3/c1-10(18(22)23)9-20(14-5-6-14)17(21)13-4-7-16-15(8-13)11(2)12(3)19-16/h4,7-8,10,14,19H,5-6,9H2,1-3H3,(H,22,23). The van der Waals surface area contributed by atoms with Gasteiger partial charge in [-0.3, -0.25) is 9.59 Å². The van der Waals surface area contributed by atoms with Gasteiger partial charge in [-0.15, -0.1) is 0 Å². The summed E-state index contributed by atoms with van der Waals surface area (Å²) in [4.78, 5) is 29.0. The van der Waals surface area contributed by atoms with E-state index in [4.69, 9.17) is 5.11 Å². The summed E-state index contributed by atoms with van der Waals surface area (Å²) in [5.74, 6) is -1.49. The first-order valence-electron chi connectivity index (χ1n) is 8.01. The predicted octanol–water partition coefficient (Wildman–Crippen LogP) is 3.11. The summed E-state index contributed by atoms with van der Waals surface area (Å²) in [5.41, 5.74) is 3.90. The average Bonchev–Trinajstić information content (AvgIpc) is 3.31. The maximum absolute atomic E-state index is 12.9. The van der Waals surface area contributed by atoms with Crippen molar-refractivity contribution in [2.45, 2.75) is 39.7 Å². The highest BCUT2D eigenvalue weighted by molar-refractivity contribution is 5.99. The van der Waals surface area contributed by atoms with E-state index < -0.39 is 11.9 Å². The number of aromatic nitrogens is 1. The van der Waals surface area contributed by atoms with Gasteiger partial charge in [0.2, 0.25) is 0 Å². The minimum atomic E-state index is -0.865. The van der Waals surface area contributed by atoms with Crippen LogP contribution in [0.5, 0.6) is 0 Å². The fourth-order valence-electron chi connectivity index (χ4n) is 2.92. The van der Waals surface area contributed by atoms with E-state index in [9.17, 15) is 9.59 Å². The fourth-order valence-corrected chi connectivity index (χ4v) is 2.92. The largest absolute Gasteiger partial charge is 0.481 e. The number of fused-ring (bicyclic) bond motifs is 1. The number of H-pyrrole nitrogens is 1. The molecule has 1 aliphatic rings. The monoisotopic (exact) mass is 314 g/mol. The van der Waals surface area contributed by atoms with E-state index in [1.807, 2.05) is 32.0 Å². The number of carbonyl (C=O) groups is 2. The lowest BCUT2D eigenvalue weighted by atomic mass is 10.1. The summed E-state index contributed by atoms with van der Waals surface area (Å²) in [5, 5.41) is 10.2. The van der Waals surface area contributed by atoms with Gasteiger partial charge in [-0.2, -0.15) is 0 Å². The zero-order valence-electron chi connectivity index (χ0n) is 13.7. The summed E-state index contributed by atoms with van der Waals surface area (Å²) in [6.45, 7) is 5.96. The Bertz CT molecular complexity index is 774. The lowest BCUT2D eigenvalue weighted by Gasteiger charge is -2.24. The first-order chi connectivity index (χ1) is 10.9. The molecule has 5 heteroatoms. The first kappa shape index (κ1) is 15.6. The maximum atomic E-state index is 12.9. The molecular weight excluding hydrogens is 292 g/mol. The average molecular weight is 314 g/mol. The zero-order chi connectivity index (χ0) is 16.7. The molecule has 1 atom stereocenters. The Morgan fingerprint density at radius 3 is 2.65 bits per heavy atom. The number of carboxylic acids is 1. The molecule has 5 nitrogen and oxygen atoms in total. The van der Waals surface area contributed by atoms with Crippen molar-refractivity contribution in [3.8, 4) is 0 Å². The Morgan fingerprint density at radius 1 is 1.35 bits per heavy atom. The maximum Gasteiger partial charge on any atom is 0.308 e. The SMILES string of the molecule is Cc1[nH]c2ccc(C(=O)N(CC(C)C(=O)O)C3CC3)cc2c1C. The van der Waals surface area contributed by atoms with Gasteiger partial charge in [0.25, 0.3) is 5.91 Å². The number of aromatic amines is 1. The number of amides is 1. The molecule has 0 saturated heterocycles. The van der Waals surface area contributed by atoms with Gasteiger partial charge in [0.1, 0.15) is 0 Å². The van der Waals surface area contributed by atoms with Gasteiger partial charge in [0.15, 0.2) is 0 Å². The number of hydrogen-bond acceptors (Lipinski definition) is 2. The van der Waals surface area contributed by atoms with E-state index in [0.717, 1.165) is 35.0 Å². The van der Waals surface area contributed by atoms with E-state index in [-0.39, 0.29) is 18.5 Å². The molecule has 122 valence electrons. The molecular formula is C18H22N2O3. The topological polar surface area (TPSA) is 73.4 Å². The lowest BCUT2D eigenvalue weighted by molar-refractivity contribution is -0.141. The van der Waals surface area contributed by atoms with Crippen LogP contribution in [0.4, 0.5) is 0 Å². The van der Waals surface area contributed by atoms with Crippen molar-refractivity contribution < 1.29 is 14.7 Å². The second kappa shape index (κ2) is 5.72. The minimum absolute atomic E-state index is 0.0687. The predicted molar refractivity (Wildman–Crippen MR) is 88.6 cm³/mol. The third-order valence-electron chi connectivity index (χ3n) is 4.70. The third-order valence-corrected chi connectivity index (χ3v) is 4.70. The van der Waals surface area contributed by atoms with Gasteiger partial charge in [-0.05, 0) is 50.5 Å². The number of benzene rings is 1. The molecule has 1 saturated carbocycles. The molecule has 2 aromatic rings. The van der Waals surface area contributed by atoms with Crippen LogP contribution in [0.1, 0.15) is 41.4 Å². The Hall–Kier alpha value is -2.30. The smallest absolute Gasteiger partial charge is 0.308 e. The van der Waals surface area contributed by atoms with Crippen molar-refractivity contribution in [1.29, 1.82) is 0 Å². The number of hydrogen-bond donors (Lipinski definition) is 2. The Kier molecular flexibility index (Phi) is 3.88. The first-order valence-corrected chi connectivity index (χ1v) is 8.01. The van der Waals surface area contributed by atoms with Crippen molar-refractivity contribution >= 4 is 22.8 Å². The van der Waals surface area contributed by atoms with E-state index in [2.05, 4.69) is 4.98 Å². The molecule has 1 aromatic carbocycles. The lowest BCUT2D eigenvalue weighted by Crippen LogP contribution is -2.38. The molecule has 1 aromatic heterocycles. The van der Waals surface area contributed by atoms with Crippen LogP contribution in [-0.2, 0) is 4.79 Å². The highest BCUT2D eigenvalue weighted by Gasteiger charge is 2.35. The number of carbonyl (C=O) groups excluding carboxylic acids is 1. The molecule has 0 bridgehead atoms. The van der Waals surface area contributed by atoms with E-state index in [0.29, 0.717) is 5.56 Å². The Morgan fingerprint density at radius 2 is 2.04 bits per heavy atom. The molecule has 23 heavy (non-hydrogen) atoms. The summed E-state index contributed by atoms with van der Waals surface area (Å²) < 4.78 is 0. The van der Waals surface area contributed by atoms with Gasteiger partial charge < -0.3 is 15.0 Å². The summed E-state index contributed by atoms with van der Waals surface area (Å²) in [7, 11) is 0. The van der Waals surface area contributed by atoms with E-state index in [1.54, 1.807) is 11.8 Å². The number of nitrogens with one attached hydrogen (secondary N) is 1. The van der Waals surface area contributed by atoms with Crippen molar-refractivity contribution in [2.75, 3.05) is 6.54 Å². The van der Waals surface area contributed by atoms with Crippen LogP contribution in [0.25, 0.3) is 10.9 Å². The van der Waals surface area contributed by atoms with E-state index >= 15 is 0 Å². The summed E-state index contributed by atoms with van der Waals surface area (Å²) in [6.07, 6.45) is 1.92. The van der Waals surface area contributed by atoms with Crippen molar-refractivity contribution in [3.63, 3.8) is 0 Å². The highest BCUT2D eigenvalue weighted by Crippen LogP contribution is 2.30. The molecule has 1 amide bonds. The Balaban J connectivity index is 1.90. The van der Waals surface area contributed by atoms with Gasteiger partial charge in [0, 0.05) is 34.7 Å². The summed E-state index contributed by atoms with van der Waals surface area (Å²) >= 11 is 0. The van der Waals surface area contributed by atoms with Gasteiger partial charge in [-0.25, -0.2) is 0 Å². The molecule has 0 spiro atoms. The molecule has 1 aliphatic carbocycles. The van der Waals surface area contributed by atoms with Gasteiger partial charge in [-0.1, -0.05) is 6.92 Å². The highest BCUT2D eigenvalue weighted by atomic mass is 16.4. The van der Waals surface area contributed by atoms with Crippen LogP contribution in [0.3, 0.4) is 0 Å². The van der Waals surface area contributed by atoms with Crippen molar-refractivity contribution in [3.05, 3.63) is 35.0 Å². The van der Waals surface area contributed by atoms with Gasteiger partial charge in [0.05, 0.1) is 5.92 Å². The van der Waals surface area contributed by atoms with Crippen molar-refractivity contribution in [1.82, 2.24) is 9.88 Å². The fraction of sp³-hybridized carbons (Fsp3) is 0.444. The van der Waals surface area contributed by atoms with Crippen LogP contribution in [0, 0.1) is 19.8 Å². The van der Waals surface area contributed by atoms with Crippen LogP contribution in [0.15, 0.2) is 18.2 Å². The zero-order valence-corrected chi connectivity index (χ0v) is 13.7.